The monoisotopic (exact) mass is 445 g/mol. The van der Waals surface area contributed by atoms with Crippen molar-refractivity contribution in [2.45, 2.75) is 4.90 Å². The largest absolute Gasteiger partial charge is 0.456 e. The molecule has 0 aliphatic carbocycles. The maximum atomic E-state index is 12.3. The number of amides is 1. The fourth-order valence-electron chi connectivity index (χ4n) is 2.83. The number of carbonyl (C=O) groups is 1. The van der Waals surface area contributed by atoms with Crippen molar-refractivity contribution < 1.29 is 17.6 Å². The summed E-state index contributed by atoms with van der Waals surface area (Å²) in [4.78, 5) is 16.8. The van der Waals surface area contributed by atoms with Gasteiger partial charge in [0.2, 0.25) is 10.0 Å². The Morgan fingerprint density at radius 3 is 2.55 bits per heavy atom. The van der Waals surface area contributed by atoms with Crippen molar-refractivity contribution in [2.75, 3.05) is 14.1 Å². The number of hydrogen-bond donors (Lipinski definition) is 1. The van der Waals surface area contributed by atoms with Gasteiger partial charge >= 0.3 is 0 Å². The van der Waals surface area contributed by atoms with Crippen molar-refractivity contribution in [3.63, 3.8) is 0 Å². The quantitative estimate of drug-likeness (QED) is 0.487. The van der Waals surface area contributed by atoms with E-state index in [1.54, 1.807) is 48.8 Å². The summed E-state index contributed by atoms with van der Waals surface area (Å²) >= 11 is 6.18. The topological polar surface area (TPSA) is 92.5 Å². The van der Waals surface area contributed by atoms with Crippen LogP contribution >= 0.6 is 24.0 Å². The van der Waals surface area contributed by atoms with Gasteiger partial charge in [-0.2, -0.15) is 0 Å². The van der Waals surface area contributed by atoms with E-state index < -0.39 is 10.0 Å². The van der Waals surface area contributed by atoms with E-state index in [4.69, 9.17) is 16.6 Å². The molecule has 3 aromatic rings. The second-order valence-corrected chi connectivity index (χ2v) is 10.3. The molecule has 0 spiro atoms. The number of furan rings is 1. The Bertz CT molecular complexity index is 1280. The van der Waals surface area contributed by atoms with Crippen molar-refractivity contribution in [1.29, 1.82) is 0 Å². The van der Waals surface area contributed by atoms with E-state index in [9.17, 15) is 13.2 Å². The number of nitrogens with zero attached hydrogens (tertiary/aromatic N) is 2. The van der Waals surface area contributed by atoms with Crippen LogP contribution in [0.3, 0.4) is 0 Å². The number of sulfonamides is 1. The van der Waals surface area contributed by atoms with E-state index >= 15 is 0 Å². The number of hydrogen-bond acceptors (Lipinski definition) is 7. The second-order valence-electron chi connectivity index (χ2n) is 6.42. The minimum absolute atomic E-state index is 0.205. The number of aromatic nitrogens is 1. The number of carbonyl (C=O) groups excluding carboxylic acids is 1. The van der Waals surface area contributed by atoms with Gasteiger partial charge in [-0.25, -0.2) is 12.7 Å². The third-order valence-corrected chi connectivity index (χ3v) is 7.29. The van der Waals surface area contributed by atoms with E-state index in [1.807, 2.05) is 0 Å². The highest BCUT2D eigenvalue weighted by Gasteiger charge is 2.23. The smallest absolute Gasteiger partial charge is 0.263 e. The Balaban J connectivity index is 1.74. The molecule has 1 saturated heterocycles. The van der Waals surface area contributed by atoms with Crippen LogP contribution in [0.4, 0.5) is 0 Å². The van der Waals surface area contributed by atoms with Crippen LogP contribution in [0.2, 0.25) is 0 Å². The van der Waals surface area contributed by atoms with Crippen molar-refractivity contribution >= 4 is 61.3 Å². The highest BCUT2D eigenvalue weighted by Crippen LogP contribution is 2.33. The minimum Gasteiger partial charge on any atom is -0.456 e. The first-order valence-electron chi connectivity index (χ1n) is 8.41. The standard InChI is InChI=1S/C19H15N3O4S3/c1-22(2)29(24,25)14-5-3-11(4-6-14)15-10-20-9-12-7-13(26-17(12)15)8-16-18(23)21-19(27)28-16/h3-10H,1-2H3,(H,21,23,27)/b16-8+. The zero-order chi connectivity index (χ0) is 20.8. The van der Waals surface area contributed by atoms with Gasteiger partial charge in [-0.3, -0.25) is 9.78 Å². The van der Waals surface area contributed by atoms with Crippen molar-refractivity contribution in [1.82, 2.24) is 14.6 Å². The van der Waals surface area contributed by atoms with Crippen LogP contribution in [0.5, 0.6) is 0 Å². The number of pyridine rings is 1. The van der Waals surface area contributed by atoms with Gasteiger partial charge in [-0.15, -0.1) is 0 Å². The summed E-state index contributed by atoms with van der Waals surface area (Å²) in [6.45, 7) is 0. The Morgan fingerprint density at radius 1 is 1.21 bits per heavy atom. The molecule has 1 aliphatic rings. The van der Waals surface area contributed by atoms with Crippen LogP contribution in [0, 0.1) is 0 Å². The molecule has 0 saturated carbocycles. The number of nitrogens with one attached hydrogen (secondary N) is 1. The molecular formula is C19H15N3O4S3. The Kier molecular flexibility index (Phi) is 5.03. The predicted molar refractivity (Wildman–Crippen MR) is 117 cm³/mol. The Morgan fingerprint density at radius 2 is 1.93 bits per heavy atom. The zero-order valence-electron chi connectivity index (χ0n) is 15.4. The lowest BCUT2D eigenvalue weighted by Gasteiger charge is -2.11. The molecule has 0 unspecified atom stereocenters. The molecule has 1 N–H and O–H groups in total. The number of fused-ring (bicyclic) bond motifs is 1. The number of benzene rings is 1. The summed E-state index contributed by atoms with van der Waals surface area (Å²) in [5.74, 6) is 0.250. The summed E-state index contributed by atoms with van der Waals surface area (Å²) in [7, 11) is -0.525. The van der Waals surface area contributed by atoms with Crippen LogP contribution in [0.25, 0.3) is 28.2 Å². The van der Waals surface area contributed by atoms with Gasteiger partial charge in [-0.05, 0) is 23.8 Å². The summed E-state index contributed by atoms with van der Waals surface area (Å²) in [6, 6.07) is 8.32. The summed E-state index contributed by atoms with van der Waals surface area (Å²) in [5, 5.41) is 3.33. The third kappa shape index (κ3) is 3.71. The van der Waals surface area contributed by atoms with Gasteiger partial charge in [0.25, 0.3) is 5.91 Å². The molecule has 2 aromatic heterocycles. The summed E-state index contributed by atoms with van der Waals surface area (Å²) < 4.78 is 32.0. The summed E-state index contributed by atoms with van der Waals surface area (Å²) in [5.41, 5.74) is 2.09. The first-order chi connectivity index (χ1) is 13.8. The molecule has 0 bridgehead atoms. The maximum Gasteiger partial charge on any atom is 0.263 e. The molecular weight excluding hydrogens is 430 g/mol. The Hall–Kier alpha value is -2.53. The lowest BCUT2D eigenvalue weighted by atomic mass is 10.1. The average Bonchev–Trinajstić information content (AvgIpc) is 3.23. The first kappa shape index (κ1) is 19.8. The molecule has 0 atom stereocenters. The van der Waals surface area contributed by atoms with Gasteiger partial charge in [0.15, 0.2) is 0 Å². The fraction of sp³-hybridized carbons (Fsp3) is 0.105. The van der Waals surface area contributed by atoms with Crippen LogP contribution in [-0.2, 0) is 14.8 Å². The minimum atomic E-state index is -3.50. The van der Waals surface area contributed by atoms with Gasteiger partial charge < -0.3 is 9.73 Å². The lowest BCUT2D eigenvalue weighted by Crippen LogP contribution is -2.22. The molecule has 1 aliphatic heterocycles. The van der Waals surface area contributed by atoms with Crippen LogP contribution < -0.4 is 5.32 Å². The molecule has 29 heavy (non-hydrogen) atoms. The van der Waals surface area contributed by atoms with Gasteiger partial charge in [0, 0.05) is 43.5 Å². The molecule has 1 fully saturated rings. The molecule has 1 amide bonds. The molecule has 3 heterocycles. The van der Waals surface area contributed by atoms with Gasteiger partial charge in [0.05, 0.1) is 9.80 Å². The highest BCUT2D eigenvalue weighted by molar-refractivity contribution is 8.26. The predicted octanol–water partition coefficient (Wildman–Crippen LogP) is 3.23. The third-order valence-electron chi connectivity index (χ3n) is 4.30. The van der Waals surface area contributed by atoms with Crippen molar-refractivity contribution in [3.05, 3.63) is 53.4 Å². The fourth-order valence-corrected chi connectivity index (χ4v) is 4.75. The molecule has 10 heteroatoms. The number of thiocarbonyl (C=S) groups is 1. The van der Waals surface area contributed by atoms with Crippen LogP contribution in [0.15, 0.2) is 56.9 Å². The number of rotatable bonds is 4. The van der Waals surface area contributed by atoms with E-state index in [-0.39, 0.29) is 10.8 Å². The molecule has 0 radical (unpaired) electrons. The second kappa shape index (κ2) is 7.38. The average molecular weight is 446 g/mol. The van der Waals surface area contributed by atoms with E-state index in [1.165, 1.54) is 30.2 Å². The van der Waals surface area contributed by atoms with Crippen LogP contribution in [-0.4, -0.2) is 42.0 Å². The molecule has 7 nitrogen and oxygen atoms in total. The molecule has 148 valence electrons. The number of thioether (sulfide) groups is 1. The first-order valence-corrected chi connectivity index (χ1v) is 11.1. The lowest BCUT2D eigenvalue weighted by molar-refractivity contribution is -0.115. The van der Waals surface area contributed by atoms with Crippen LogP contribution in [0.1, 0.15) is 5.76 Å². The highest BCUT2D eigenvalue weighted by atomic mass is 32.2. The molecule has 1 aromatic carbocycles. The summed E-state index contributed by atoms with van der Waals surface area (Å²) in [6.07, 6.45) is 4.96. The van der Waals surface area contributed by atoms with Gasteiger partial charge in [-0.1, -0.05) is 36.1 Å². The van der Waals surface area contributed by atoms with E-state index in [0.717, 1.165) is 16.5 Å². The van der Waals surface area contributed by atoms with Crippen molar-refractivity contribution in [3.8, 4) is 11.1 Å². The van der Waals surface area contributed by atoms with Gasteiger partial charge in [0.1, 0.15) is 15.7 Å². The molecule has 4 rings (SSSR count). The zero-order valence-corrected chi connectivity index (χ0v) is 17.8. The maximum absolute atomic E-state index is 12.3. The SMILES string of the molecule is CN(C)S(=O)(=O)c1ccc(-c2cncc3cc(/C=C4/SC(=S)NC4=O)oc23)cc1. The van der Waals surface area contributed by atoms with Crippen molar-refractivity contribution in [2.24, 2.45) is 0 Å². The van der Waals surface area contributed by atoms with E-state index in [2.05, 4.69) is 10.3 Å². The normalized spacial score (nSPS) is 16.2. The van der Waals surface area contributed by atoms with E-state index in [0.29, 0.717) is 20.6 Å². The Labute approximate surface area is 176 Å².